The number of nitrogens with zero attached hydrogens (tertiary/aromatic N) is 4. The van der Waals surface area contributed by atoms with E-state index < -0.39 is 0 Å². The fraction of sp³-hybridized carbons (Fsp3) is 0.286. The van der Waals surface area contributed by atoms with Crippen molar-refractivity contribution >= 4 is 27.6 Å². The lowest BCUT2D eigenvalue weighted by Gasteiger charge is -2.30. The van der Waals surface area contributed by atoms with Crippen LogP contribution in [0.15, 0.2) is 53.4 Å². The van der Waals surface area contributed by atoms with Crippen molar-refractivity contribution in [2.24, 2.45) is 0 Å². The van der Waals surface area contributed by atoms with Gasteiger partial charge in [-0.2, -0.15) is 0 Å². The predicted octanol–water partition coefficient (Wildman–Crippen LogP) is 4.16. The topological polar surface area (TPSA) is 53.9 Å². The summed E-state index contributed by atoms with van der Waals surface area (Å²) in [4.78, 5) is 15.9. The number of benzene rings is 1. The molecule has 0 saturated carbocycles. The molecule has 6 heteroatoms. The van der Waals surface area contributed by atoms with E-state index in [1.54, 1.807) is 6.33 Å². The van der Waals surface area contributed by atoms with Crippen molar-refractivity contribution in [2.75, 3.05) is 23.3 Å². The fourth-order valence-corrected chi connectivity index (χ4v) is 3.58. The third kappa shape index (κ3) is 4.27. The van der Waals surface area contributed by atoms with Crippen molar-refractivity contribution in [1.29, 1.82) is 0 Å². The number of anilines is 2. The van der Waals surface area contributed by atoms with Gasteiger partial charge in [0.05, 0.1) is 5.69 Å². The van der Waals surface area contributed by atoms with Crippen LogP contribution in [0.3, 0.4) is 0 Å². The minimum absolute atomic E-state index is 0.785. The Balaban J connectivity index is 1.46. The number of rotatable bonds is 5. The largest absolute Gasteiger partial charge is 0.369 e. The highest BCUT2D eigenvalue weighted by molar-refractivity contribution is 9.10. The summed E-state index contributed by atoms with van der Waals surface area (Å²) < 4.78 is 1.11. The van der Waals surface area contributed by atoms with E-state index in [4.69, 9.17) is 0 Å². The Morgan fingerprint density at radius 3 is 2.70 bits per heavy atom. The van der Waals surface area contributed by atoms with Gasteiger partial charge in [0, 0.05) is 42.3 Å². The van der Waals surface area contributed by atoms with Gasteiger partial charge in [-0.05, 0) is 42.7 Å². The van der Waals surface area contributed by atoms with Crippen LogP contribution in [0, 0.1) is 6.92 Å². The van der Waals surface area contributed by atoms with E-state index in [0.29, 0.717) is 0 Å². The molecule has 0 amide bonds. The SMILES string of the molecule is Cc1ccc(N2CCc3ncnc(NCCc4ccc(Br)cc4)c3C2)nc1. The van der Waals surface area contributed by atoms with Crippen LogP contribution in [0.4, 0.5) is 11.6 Å². The molecule has 2 aromatic heterocycles. The molecule has 1 aliphatic heterocycles. The van der Waals surface area contributed by atoms with Crippen LogP contribution >= 0.6 is 15.9 Å². The van der Waals surface area contributed by atoms with Gasteiger partial charge in [0.25, 0.3) is 0 Å². The summed E-state index contributed by atoms with van der Waals surface area (Å²) in [5.74, 6) is 1.95. The van der Waals surface area contributed by atoms with E-state index in [0.717, 1.165) is 54.3 Å². The van der Waals surface area contributed by atoms with Crippen molar-refractivity contribution in [3.8, 4) is 0 Å². The number of fused-ring (bicyclic) bond motifs is 1. The second-order valence-corrected chi connectivity index (χ2v) is 7.73. The first-order valence-corrected chi connectivity index (χ1v) is 9.97. The molecule has 0 radical (unpaired) electrons. The van der Waals surface area contributed by atoms with Crippen molar-refractivity contribution in [2.45, 2.75) is 26.3 Å². The van der Waals surface area contributed by atoms with Gasteiger partial charge in [-0.3, -0.25) is 0 Å². The highest BCUT2D eigenvalue weighted by atomic mass is 79.9. The Morgan fingerprint density at radius 1 is 1.07 bits per heavy atom. The minimum Gasteiger partial charge on any atom is -0.369 e. The van der Waals surface area contributed by atoms with Gasteiger partial charge in [-0.15, -0.1) is 0 Å². The van der Waals surface area contributed by atoms with E-state index in [9.17, 15) is 0 Å². The summed E-state index contributed by atoms with van der Waals surface area (Å²) >= 11 is 3.48. The molecule has 1 aliphatic rings. The lowest BCUT2D eigenvalue weighted by molar-refractivity contribution is 0.697. The summed E-state index contributed by atoms with van der Waals surface area (Å²) in [6, 6.07) is 12.6. The Bertz CT molecular complexity index is 909. The molecule has 1 N–H and O–H groups in total. The molecule has 138 valence electrons. The molecule has 3 heterocycles. The lowest BCUT2D eigenvalue weighted by Crippen LogP contribution is -2.32. The quantitative estimate of drug-likeness (QED) is 0.667. The number of hydrogen-bond acceptors (Lipinski definition) is 5. The Labute approximate surface area is 168 Å². The summed E-state index contributed by atoms with van der Waals surface area (Å²) in [7, 11) is 0. The molecular formula is C21H22BrN5. The molecule has 4 rings (SSSR count). The maximum Gasteiger partial charge on any atom is 0.134 e. The maximum absolute atomic E-state index is 4.57. The van der Waals surface area contributed by atoms with E-state index in [-0.39, 0.29) is 0 Å². The van der Waals surface area contributed by atoms with Crippen LogP contribution in [-0.4, -0.2) is 28.0 Å². The standard InChI is InChI=1S/C21H22BrN5/c1-15-2-7-20(24-12-15)27-11-9-19-18(13-27)21(26-14-25-19)23-10-8-16-3-5-17(22)6-4-16/h2-7,12,14H,8-11,13H2,1H3,(H,23,25,26). The van der Waals surface area contributed by atoms with Gasteiger partial charge in [-0.1, -0.05) is 34.1 Å². The lowest BCUT2D eigenvalue weighted by atomic mass is 10.1. The monoisotopic (exact) mass is 423 g/mol. The highest BCUT2D eigenvalue weighted by Gasteiger charge is 2.21. The normalized spacial score (nSPS) is 13.3. The number of aromatic nitrogens is 3. The summed E-state index contributed by atoms with van der Waals surface area (Å²) in [6.07, 6.45) is 5.45. The average molecular weight is 424 g/mol. The third-order valence-corrected chi connectivity index (χ3v) is 5.37. The molecule has 27 heavy (non-hydrogen) atoms. The number of nitrogens with one attached hydrogen (secondary N) is 1. The summed E-state index contributed by atoms with van der Waals surface area (Å²) in [5.41, 5.74) is 4.80. The van der Waals surface area contributed by atoms with Crippen LogP contribution in [-0.2, 0) is 19.4 Å². The van der Waals surface area contributed by atoms with Crippen LogP contribution in [0.1, 0.15) is 22.4 Å². The smallest absolute Gasteiger partial charge is 0.134 e. The summed E-state index contributed by atoms with van der Waals surface area (Å²) in [6.45, 7) is 4.61. The molecule has 3 aromatic rings. The van der Waals surface area contributed by atoms with Crippen molar-refractivity contribution in [1.82, 2.24) is 15.0 Å². The van der Waals surface area contributed by atoms with E-state index in [2.05, 4.69) is 84.4 Å². The van der Waals surface area contributed by atoms with E-state index in [1.165, 1.54) is 16.7 Å². The van der Waals surface area contributed by atoms with Crippen molar-refractivity contribution in [3.63, 3.8) is 0 Å². The van der Waals surface area contributed by atoms with Gasteiger partial charge < -0.3 is 10.2 Å². The molecule has 0 saturated heterocycles. The molecule has 0 atom stereocenters. The molecule has 0 unspecified atom stereocenters. The number of aryl methyl sites for hydroxylation is 1. The molecule has 0 aliphatic carbocycles. The second kappa shape index (κ2) is 8.05. The van der Waals surface area contributed by atoms with Crippen LogP contribution in [0.2, 0.25) is 0 Å². The first-order chi connectivity index (χ1) is 13.2. The van der Waals surface area contributed by atoms with Crippen molar-refractivity contribution in [3.05, 3.63) is 75.8 Å². The Morgan fingerprint density at radius 2 is 1.93 bits per heavy atom. The van der Waals surface area contributed by atoms with Crippen LogP contribution < -0.4 is 10.2 Å². The molecule has 1 aromatic carbocycles. The zero-order valence-corrected chi connectivity index (χ0v) is 16.9. The number of halogens is 1. The third-order valence-electron chi connectivity index (χ3n) is 4.84. The Kier molecular flexibility index (Phi) is 5.34. The van der Waals surface area contributed by atoms with E-state index >= 15 is 0 Å². The van der Waals surface area contributed by atoms with Crippen LogP contribution in [0.5, 0.6) is 0 Å². The number of pyridine rings is 1. The first kappa shape index (κ1) is 17.9. The van der Waals surface area contributed by atoms with Gasteiger partial charge in [-0.25, -0.2) is 15.0 Å². The van der Waals surface area contributed by atoms with Gasteiger partial charge in [0.2, 0.25) is 0 Å². The molecule has 0 spiro atoms. The van der Waals surface area contributed by atoms with Gasteiger partial charge in [0.1, 0.15) is 18.0 Å². The predicted molar refractivity (Wildman–Crippen MR) is 112 cm³/mol. The van der Waals surface area contributed by atoms with E-state index in [1.807, 2.05) is 6.20 Å². The second-order valence-electron chi connectivity index (χ2n) is 6.82. The zero-order chi connectivity index (χ0) is 18.6. The first-order valence-electron chi connectivity index (χ1n) is 9.18. The van der Waals surface area contributed by atoms with Crippen LogP contribution in [0.25, 0.3) is 0 Å². The Hall–Kier alpha value is -2.47. The average Bonchev–Trinajstić information content (AvgIpc) is 2.70. The minimum atomic E-state index is 0.785. The fourth-order valence-electron chi connectivity index (χ4n) is 3.31. The maximum atomic E-state index is 4.57. The van der Waals surface area contributed by atoms with Gasteiger partial charge in [0.15, 0.2) is 0 Å². The zero-order valence-electron chi connectivity index (χ0n) is 15.3. The summed E-state index contributed by atoms with van der Waals surface area (Å²) in [5, 5.41) is 3.51. The highest BCUT2D eigenvalue weighted by Crippen LogP contribution is 2.26. The molecule has 0 fully saturated rings. The molecule has 5 nitrogen and oxygen atoms in total. The van der Waals surface area contributed by atoms with Gasteiger partial charge >= 0.3 is 0 Å². The van der Waals surface area contributed by atoms with Crippen molar-refractivity contribution < 1.29 is 0 Å². The molecule has 0 bridgehead atoms. The number of hydrogen-bond donors (Lipinski definition) is 1. The molecular weight excluding hydrogens is 402 g/mol.